The van der Waals surface area contributed by atoms with Crippen LogP contribution >= 0.6 is 0 Å². The summed E-state index contributed by atoms with van der Waals surface area (Å²) < 4.78 is 6.70. The number of fused-ring (bicyclic) bond motifs is 1. The van der Waals surface area contributed by atoms with Gasteiger partial charge in [-0.1, -0.05) is 30.3 Å². The summed E-state index contributed by atoms with van der Waals surface area (Å²) in [4.78, 5) is 24.5. The highest BCUT2D eigenvalue weighted by molar-refractivity contribution is 5.99. The first kappa shape index (κ1) is 18.9. The zero-order valence-electron chi connectivity index (χ0n) is 15.9. The van der Waals surface area contributed by atoms with Crippen molar-refractivity contribution in [1.82, 2.24) is 15.1 Å². The van der Waals surface area contributed by atoms with Gasteiger partial charge in [0, 0.05) is 25.5 Å². The van der Waals surface area contributed by atoms with E-state index in [9.17, 15) is 14.8 Å². The number of hydrogen-bond donors (Lipinski definition) is 2. The van der Waals surface area contributed by atoms with Gasteiger partial charge in [0.05, 0.1) is 5.69 Å². The Morgan fingerprint density at radius 2 is 2.00 bits per heavy atom. The third-order valence-corrected chi connectivity index (χ3v) is 4.22. The third-order valence-electron chi connectivity index (χ3n) is 4.22. The number of hydrogen-bond acceptors (Lipinski definition) is 5. The molecule has 3 rings (SSSR count). The maximum Gasteiger partial charge on any atom is 0.408 e. The van der Waals surface area contributed by atoms with Gasteiger partial charge in [0.15, 0.2) is 5.82 Å². The van der Waals surface area contributed by atoms with E-state index in [0.29, 0.717) is 17.3 Å². The molecule has 2 N–H and O–H groups in total. The number of carbonyl (C=O) groups excluding carboxylic acids is 2. The highest BCUT2D eigenvalue weighted by Crippen LogP contribution is 2.30. The lowest BCUT2D eigenvalue weighted by molar-refractivity contribution is -0.126. The highest BCUT2D eigenvalue weighted by atomic mass is 16.6. The van der Waals surface area contributed by atoms with Crippen molar-refractivity contribution >= 4 is 17.8 Å². The van der Waals surface area contributed by atoms with Gasteiger partial charge < -0.3 is 10.1 Å². The van der Waals surface area contributed by atoms with Gasteiger partial charge in [-0.25, -0.2) is 9.48 Å². The Labute approximate surface area is 157 Å². The number of benzene rings is 1. The fourth-order valence-electron chi connectivity index (χ4n) is 3.12. The van der Waals surface area contributed by atoms with E-state index in [-0.39, 0.29) is 6.42 Å². The summed E-state index contributed by atoms with van der Waals surface area (Å²) in [6, 6.07) is 8.88. The normalized spacial score (nSPS) is 16.9. The van der Waals surface area contributed by atoms with E-state index >= 15 is 0 Å². The molecule has 0 fully saturated rings. The molecule has 2 heterocycles. The van der Waals surface area contributed by atoms with Crippen molar-refractivity contribution in [2.45, 2.75) is 45.3 Å². The van der Waals surface area contributed by atoms with Crippen LogP contribution in [0.3, 0.4) is 0 Å². The van der Waals surface area contributed by atoms with Crippen molar-refractivity contribution in [3.63, 3.8) is 0 Å². The number of aryl methyl sites for hydroxylation is 1. The zero-order chi connectivity index (χ0) is 19.8. The summed E-state index contributed by atoms with van der Waals surface area (Å²) in [5.74, 6) is -0.296. The average molecular weight is 372 g/mol. The minimum Gasteiger partial charge on any atom is -0.444 e. The number of hydroxylamine groups is 1. The molecule has 0 saturated carbocycles. The van der Waals surface area contributed by atoms with Crippen LogP contribution in [0.5, 0.6) is 0 Å². The topological polar surface area (TPSA) is 96.7 Å². The molecular weight excluding hydrogens is 348 g/mol. The first-order valence-corrected chi connectivity index (χ1v) is 8.77. The maximum absolute atomic E-state index is 12.5. The Kier molecular flexibility index (Phi) is 4.93. The van der Waals surface area contributed by atoms with Crippen LogP contribution in [0.25, 0.3) is 0 Å². The minimum atomic E-state index is -0.920. The summed E-state index contributed by atoms with van der Waals surface area (Å²) in [5, 5.41) is 17.9. The van der Waals surface area contributed by atoms with E-state index in [1.807, 2.05) is 30.3 Å². The lowest BCUT2D eigenvalue weighted by Gasteiger charge is -2.29. The Hall–Kier alpha value is -2.87. The quantitative estimate of drug-likeness (QED) is 0.805. The van der Waals surface area contributed by atoms with Crippen LogP contribution in [0.1, 0.15) is 37.6 Å². The van der Waals surface area contributed by atoms with Crippen molar-refractivity contribution in [3.05, 3.63) is 47.2 Å². The highest BCUT2D eigenvalue weighted by Gasteiger charge is 2.38. The van der Waals surface area contributed by atoms with Crippen LogP contribution in [0.4, 0.5) is 10.6 Å². The number of nitrogens with one attached hydrogen (secondary N) is 1. The van der Waals surface area contributed by atoms with Crippen LogP contribution in [0.2, 0.25) is 0 Å². The van der Waals surface area contributed by atoms with Crippen molar-refractivity contribution < 1.29 is 19.5 Å². The predicted octanol–water partition coefficient (Wildman–Crippen LogP) is 2.18. The number of ether oxygens (including phenoxy) is 1. The summed E-state index contributed by atoms with van der Waals surface area (Å²) in [6.07, 6.45) is 0.0947. The van der Waals surface area contributed by atoms with E-state index in [4.69, 9.17) is 4.74 Å². The molecular formula is C19H24N4O4. The van der Waals surface area contributed by atoms with Crippen molar-refractivity contribution in [2.75, 3.05) is 5.06 Å². The summed E-state index contributed by atoms with van der Waals surface area (Å²) >= 11 is 0. The third kappa shape index (κ3) is 4.11. The molecule has 144 valence electrons. The van der Waals surface area contributed by atoms with E-state index in [1.54, 1.807) is 27.8 Å². The summed E-state index contributed by atoms with van der Waals surface area (Å²) in [6.45, 7) is 5.22. The number of anilines is 1. The molecule has 0 radical (unpaired) electrons. The van der Waals surface area contributed by atoms with Crippen LogP contribution in [0.15, 0.2) is 30.3 Å². The van der Waals surface area contributed by atoms with Gasteiger partial charge in [0.1, 0.15) is 11.6 Å². The van der Waals surface area contributed by atoms with E-state index in [2.05, 4.69) is 10.4 Å². The molecule has 1 aliphatic rings. The van der Waals surface area contributed by atoms with Gasteiger partial charge >= 0.3 is 6.09 Å². The monoisotopic (exact) mass is 372 g/mol. The van der Waals surface area contributed by atoms with Gasteiger partial charge in [-0.15, -0.1) is 0 Å². The van der Waals surface area contributed by atoms with Crippen LogP contribution in [-0.4, -0.2) is 38.6 Å². The number of aromatic nitrogens is 2. The lowest BCUT2D eigenvalue weighted by Crippen LogP contribution is -2.53. The largest absolute Gasteiger partial charge is 0.444 e. The molecule has 1 aliphatic heterocycles. The van der Waals surface area contributed by atoms with Gasteiger partial charge in [0.25, 0.3) is 5.91 Å². The standard InChI is InChI=1S/C19H24N4O4/c1-19(2,3)27-18(25)20-15-11-13-14(10-12-8-6-5-7-9-12)21-22(4)16(13)23(26)17(15)24/h5-9,15,26H,10-11H2,1-4H3,(H,20,25)/t15-/m0/s1. The number of rotatable bonds is 3. The Morgan fingerprint density at radius 1 is 1.33 bits per heavy atom. The average Bonchev–Trinajstić information content (AvgIpc) is 2.87. The molecule has 0 bridgehead atoms. The van der Waals surface area contributed by atoms with Gasteiger partial charge in [-0.3, -0.25) is 10.0 Å². The molecule has 0 spiro atoms. The zero-order valence-corrected chi connectivity index (χ0v) is 15.9. The number of amides is 2. The van der Waals surface area contributed by atoms with Crippen LogP contribution in [0, 0.1) is 0 Å². The summed E-state index contributed by atoms with van der Waals surface area (Å²) in [7, 11) is 1.67. The predicted molar refractivity (Wildman–Crippen MR) is 98.6 cm³/mol. The van der Waals surface area contributed by atoms with Gasteiger partial charge in [-0.2, -0.15) is 10.2 Å². The molecule has 2 aromatic rings. The SMILES string of the molecule is Cn1nc(Cc2ccccc2)c2c1N(O)C(=O)[C@@H](NC(=O)OC(C)(C)C)C2. The molecule has 8 nitrogen and oxygen atoms in total. The van der Waals surface area contributed by atoms with E-state index in [0.717, 1.165) is 16.8 Å². The fourth-order valence-corrected chi connectivity index (χ4v) is 3.12. The lowest BCUT2D eigenvalue weighted by atomic mass is 9.97. The smallest absolute Gasteiger partial charge is 0.408 e. The molecule has 2 amide bonds. The molecule has 1 aromatic carbocycles. The van der Waals surface area contributed by atoms with Crippen molar-refractivity contribution in [1.29, 1.82) is 0 Å². The van der Waals surface area contributed by atoms with Crippen LogP contribution < -0.4 is 10.4 Å². The Bertz CT molecular complexity index is 855. The first-order valence-electron chi connectivity index (χ1n) is 8.77. The number of alkyl carbamates (subject to hydrolysis) is 1. The molecule has 0 aliphatic carbocycles. The summed E-state index contributed by atoms with van der Waals surface area (Å²) in [5.41, 5.74) is 1.86. The minimum absolute atomic E-state index is 0.237. The number of carbonyl (C=O) groups is 2. The maximum atomic E-state index is 12.5. The molecule has 0 unspecified atom stereocenters. The van der Waals surface area contributed by atoms with E-state index in [1.165, 1.54) is 4.68 Å². The van der Waals surface area contributed by atoms with Gasteiger partial charge in [-0.05, 0) is 26.3 Å². The second-order valence-electron chi connectivity index (χ2n) is 7.59. The molecule has 1 aromatic heterocycles. The molecule has 0 saturated heterocycles. The number of nitrogens with zero attached hydrogens (tertiary/aromatic N) is 3. The Morgan fingerprint density at radius 3 is 2.63 bits per heavy atom. The van der Waals surface area contributed by atoms with Crippen molar-refractivity contribution in [3.8, 4) is 0 Å². The van der Waals surface area contributed by atoms with Crippen LogP contribution in [-0.2, 0) is 29.4 Å². The molecule has 27 heavy (non-hydrogen) atoms. The van der Waals surface area contributed by atoms with Crippen molar-refractivity contribution in [2.24, 2.45) is 7.05 Å². The first-order chi connectivity index (χ1) is 12.7. The second kappa shape index (κ2) is 7.03. The van der Waals surface area contributed by atoms with E-state index < -0.39 is 23.6 Å². The Balaban J connectivity index is 1.85. The molecule has 8 heteroatoms. The van der Waals surface area contributed by atoms with Gasteiger partial charge in [0.2, 0.25) is 0 Å². The fraction of sp³-hybridized carbons (Fsp3) is 0.421. The molecule has 1 atom stereocenters. The second-order valence-corrected chi connectivity index (χ2v) is 7.59.